The van der Waals surface area contributed by atoms with Crippen LogP contribution in [0.5, 0.6) is 11.5 Å². The van der Waals surface area contributed by atoms with Gasteiger partial charge in [0.2, 0.25) is 0 Å². The maximum absolute atomic E-state index is 13.0. The van der Waals surface area contributed by atoms with Crippen LogP contribution in [0.3, 0.4) is 0 Å². The fourth-order valence-electron chi connectivity index (χ4n) is 2.33. The zero-order valence-electron chi connectivity index (χ0n) is 14.2. The molecule has 0 radical (unpaired) electrons. The van der Waals surface area contributed by atoms with Crippen LogP contribution in [0.15, 0.2) is 42.5 Å². The van der Waals surface area contributed by atoms with Crippen LogP contribution in [0, 0.1) is 5.82 Å². The summed E-state index contributed by atoms with van der Waals surface area (Å²) in [6, 6.07) is 12.1. The summed E-state index contributed by atoms with van der Waals surface area (Å²) in [5, 5.41) is 3.37. The molecule has 1 N–H and O–H groups in total. The van der Waals surface area contributed by atoms with Crippen molar-refractivity contribution >= 4 is 0 Å². The highest BCUT2D eigenvalue weighted by atomic mass is 19.1. The van der Waals surface area contributed by atoms with E-state index in [1.165, 1.54) is 12.1 Å². The highest BCUT2D eigenvalue weighted by molar-refractivity contribution is 5.46. The monoisotopic (exact) mass is 333 g/mol. The van der Waals surface area contributed by atoms with Gasteiger partial charge in [0.1, 0.15) is 12.4 Å². The van der Waals surface area contributed by atoms with Crippen molar-refractivity contribution in [3.8, 4) is 11.5 Å². The maximum Gasteiger partial charge on any atom is 0.166 e. The third-order valence-corrected chi connectivity index (χ3v) is 3.59. The van der Waals surface area contributed by atoms with Gasteiger partial charge in [0.15, 0.2) is 11.5 Å². The second-order valence-electron chi connectivity index (χ2n) is 5.39. The van der Waals surface area contributed by atoms with Crippen molar-refractivity contribution in [2.45, 2.75) is 19.6 Å². The highest BCUT2D eigenvalue weighted by Gasteiger charge is 2.10. The minimum absolute atomic E-state index is 0.253. The lowest BCUT2D eigenvalue weighted by atomic mass is 10.1. The van der Waals surface area contributed by atoms with E-state index in [0.29, 0.717) is 24.7 Å². The van der Waals surface area contributed by atoms with Crippen molar-refractivity contribution in [3.05, 3.63) is 59.4 Å². The molecule has 0 aliphatic rings. The number of para-hydroxylation sites is 1. The largest absolute Gasteiger partial charge is 0.493 e. The predicted octanol–water partition coefficient (Wildman–Crippen LogP) is 3.54. The van der Waals surface area contributed by atoms with Crippen molar-refractivity contribution in [1.82, 2.24) is 5.32 Å². The number of hydrogen-bond acceptors (Lipinski definition) is 4. The molecule has 0 saturated carbocycles. The number of ether oxygens (including phenoxy) is 3. The van der Waals surface area contributed by atoms with E-state index in [2.05, 4.69) is 5.32 Å². The number of hydrogen-bond donors (Lipinski definition) is 1. The normalized spacial score (nSPS) is 10.6. The van der Waals surface area contributed by atoms with E-state index >= 15 is 0 Å². The predicted molar refractivity (Wildman–Crippen MR) is 91.9 cm³/mol. The van der Waals surface area contributed by atoms with Crippen LogP contribution < -0.4 is 14.8 Å². The average Bonchev–Trinajstić information content (AvgIpc) is 2.61. The van der Waals surface area contributed by atoms with Gasteiger partial charge in [-0.05, 0) is 36.7 Å². The molecule has 0 aliphatic carbocycles. The molecule has 0 unspecified atom stereocenters. The van der Waals surface area contributed by atoms with Gasteiger partial charge in [-0.15, -0.1) is 0 Å². The summed E-state index contributed by atoms with van der Waals surface area (Å²) in [7, 11) is 3.32. The third-order valence-electron chi connectivity index (χ3n) is 3.59. The summed E-state index contributed by atoms with van der Waals surface area (Å²) in [5.41, 5.74) is 1.93. The van der Waals surface area contributed by atoms with Crippen LogP contribution in [0.4, 0.5) is 4.39 Å². The zero-order chi connectivity index (χ0) is 17.2. The first-order valence-electron chi connectivity index (χ1n) is 7.97. The van der Waals surface area contributed by atoms with E-state index in [1.54, 1.807) is 26.4 Å². The van der Waals surface area contributed by atoms with Crippen LogP contribution in [0.25, 0.3) is 0 Å². The Balaban J connectivity index is 2.01. The Morgan fingerprint density at radius 2 is 1.83 bits per heavy atom. The molecule has 0 spiro atoms. The van der Waals surface area contributed by atoms with Gasteiger partial charge in [0, 0.05) is 25.8 Å². The average molecular weight is 333 g/mol. The molecule has 0 saturated heterocycles. The van der Waals surface area contributed by atoms with Gasteiger partial charge in [-0.1, -0.05) is 24.3 Å². The van der Waals surface area contributed by atoms with Gasteiger partial charge < -0.3 is 19.5 Å². The second-order valence-corrected chi connectivity index (χ2v) is 5.39. The molecule has 2 aromatic rings. The van der Waals surface area contributed by atoms with Crippen molar-refractivity contribution in [2.24, 2.45) is 0 Å². The Labute approximate surface area is 142 Å². The molecule has 130 valence electrons. The van der Waals surface area contributed by atoms with Gasteiger partial charge >= 0.3 is 0 Å². The van der Waals surface area contributed by atoms with Crippen molar-refractivity contribution in [3.63, 3.8) is 0 Å². The lowest BCUT2D eigenvalue weighted by molar-refractivity contribution is 0.194. The minimum atomic E-state index is -0.253. The molecule has 0 aromatic heterocycles. The lowest BCUT2D eigenvalue weighted by Gasteiger charge is -2.15. The van der Waals surface area contributed by atoms with Crippen LogP contribution >= 0.6 is 0 Å². The fraction of sp³-hybridized carbons (Fsp3) is 0.368. The van der Waals surface area contributed by atoms with Gasteiger partial charge in [-0.2, -0.15) is 0 Å². The Bertz CT molecular complexity index is 617. The molecule has 5 heteroatoms. The first-order valence-corrected chi connectivity index (χ1v) is 7.97. The molecule has 0 fully saturated rings. The summed E-state index contributed by atoms with van der Waals surface area (Å²) in [6.45, 7) is 2.64. The Morgan fingerprint density at radius 3 is 2.54 bits per heavy atom. The Morgan fingerprint density at radius 1 is 1.04 bits per heavy atom. The summed E-state index contributed by atoms with van der Waals surface area (Å²) < 4.78 is 29.4. The first-order chi connectivity index (χ1) is 11.7. The summed E-state index contributed by atoms with van der Waals surface area (Å²) in [5.74, 6) is 1.15. The molecule has 0 aliphatic heterocycles. The topological polar surface area (TPSA) is 39.7 Å². The number of rotatable bonds is 10. The van der Waals surface area contributed by atoms with Crippen molar-refractivity contribution < 1.29 is 18.6 Å². The van der Waals surface area contributed by atoms with Gasteiger partial charge in [-0.25, -0.2) is 4.39 Å². The second kappa shape index (κ2) is 9.90. The van der Waals surface area contributed by atoms with E-state index in [0.717, 1.165) is 30.7 Å². The quantitative estimate of drug-likeness (QED) is 0.675. The van der Waals surface area contributed by atoms with Crippen LogP contribution in [-0.2, 0) is 17.9 Å². The SMILES string of the molecule is COCCCNCc1cccc(OC)c1OCc1ccc(F)cc1. The van der Waals surface area contributed by atoms with Crippen molar-refractivity contribution in [1.29, 1.82) is 0 Å². The summed E-state index contributed by atoms with van der Waals surface area (Å²) in [6.07, 6.45) is 0.951. The van der Waals surface area contributed by atoms with Gasteiger partial charge in [-0.3, -0.25) is 0 Å². The Kier molecular flexibility index (Phi) is 7.52. The molecule has 0 amide bonds. The van der Waals surface area contributed by atoms with E-state index in [4.69, 9.17) is 14.2 Å². The van der Waals surface area contributed by atoms with E-state index in [9.17, 15) is 4.39 Å². The molecule has 24 heavy (non-hydrogen) atoms. The Hall–Kier alpha value is -2.11. The minimum Gasteiger partial charge on any atom is -0.493 e. The van der Waals surface area contributed by atoms with Crippen LogP contribution in [0.1, 0.15) is 17.5 Å². The number of nitrogens with one attached hydrogen (secondary N) is 1. The smallest absolute Gasteiger partial charge is 0.166 e. The number of methoxy groups -OCH3 is 2. The molecule has 0 heterocycles. The highest BCUT2D eigenvalue weighted by Crippen LogP contribution is 2.31. The zero-order valence-corrected chi connectivity index (χ0v) is 14.2. The summed E-state index contributed by atoms with van der Waals surface area (Å²) in [4.78, 5) is 0. The van der Waals surface area contributed by atoms with Crippen molar-refractivity contribution in [2.75, 3.05) is 27.4 Å². The first kappa shape index (κ1) is 18.2. The van der Waals surface area contributed by atoms with Crippen LogP contribution in [0.2, 0.25) is 0 Å². The standard InChI is InChI=1S/C19H24FNO3/c1-22-12-4-11-21-13-16-5-3-6-18(23-2)19(16)24-14-15-7-9-17(20)10-8-15/h3,5-10,21H,4,11-14H2,1-2H3. The van der Waals surface area contributed by atoms with E-state index in [1.807, 2.05) is 18.2 Å². The van der Waals surface area contributed by atoms with E-state index < -0.39 is 0 Å². The molecule has 0 bridgehead atoms. The molecular weight excluding hydrogens is 309 g/mol. The summed E-state index contributed by atoms with van der Waals surface area (Å²) >= 11 is 0. The van der Waals surface area contributed by atoms with Crippen LogP contribution in [-0.4, -0.2) is 27.4 Å². The number of benzene rings is 2. The third kappa shape index (κ3) is 5.51. The molecule has 2 rings (SSSR count). The van der Waals surface area contributed by atoms with Gasteiger partial charge in [0.25, 0.3) is 0 Å². The van der Waals surface area contributed by atoms with Gasteiger partial charge in [0.05, 0.1) is 7.11 Å². The molecular formula is C19H24FNO3. The fourth-order valence-corrected chi connectivity index (χ4v) is 2.33. The maximum atomic E-state index is 13.0. The molecule has 0 atom stereocenters. The molecule has 2 aromatic carbocycles. The van der Waals surface area contributed by atoms with E-state index in [-0.39, 0.29) is 5.82 Å². The number of halogens is 1. The molecule has 4 nitrogen and oxygen atoms in total. The lowest BCUT2D eigenvalue weighted by Crippen LogP contribution is -2.17.